The molecule has 0 aromatic heterocycles. The molecule has 0 unspecified atom stereocenters. The van der Waals surface area contributed by atoms with Gasteiger partial charge in [0.2, 0.25) is 0 Å². The highest BCUT2D eigenvalue weighted by Crippen LogP contribution is 2.24. The summed E-state index contributed by atoms with van der Waals surface area (Å²) in [6.07, 6.45) is 0.876. The first kappa shape index (κ1) is 17.5. The monoisotopic (exact) mass is 325 g/mol. The summed E-state index contributed by atoms with van der Waals surface area (Å²) < 4.78 is 0. The van der Waals surface area contributed by atoms with Crippen molar-refractivity contribution in [2.75, 3.05) is 13.2 Å². The average molecular weight is 325 g/mol. The Morgan fingerprint density at radius 3 is 2.12 bits per heavy atom. The van der Waals surface area contributed by atoms with E-state index >= 15 is 0 Å². The van der Waals surface area contributed by atoms with Gasteiger partial charge >= 0.3 is 0 Å². The number of carbonyl (C=O) groups is 1. The van der Waals surface area contributed by atoms with Crippen molar-refractivity contribution in [2.45, 2.75) is 19.3 Å². The molecule has 5 nitrogen and oxygen atoms in total. The maximum atomic E-state index is 11.5. The number of benzene rings is 2. The lowest BCUT2D eigenvalue weighted by molar-refractivity contribution is -0.125. The molecule has 0 bridgehead atoms. The van der Waals surface area contributed by atoms with Crippen LogP contribution in [0.2, 0.25) is 0 Å². The maximum Gasteiger partial charge on any atom is 0.260 e. The standard InChI is InChI=1S/C19H23N3O2/c1-2-13-21-17(23)14-24-22-19(20)18(15-9-5-3-6-10-15)16-11-7-4-8-12-16/h3-12,18H,2,13-14H2,1H3,(H2,20,22)(H,21,23). The molecule has 24 heavy (non-hydrogen) atoms. The van der Waals surface area contributed by atoms with Gasteiger partial charge in [-0.15, -0.1) is 0 Å². The third-order valence-corrected chi connectivity index (χ3v) is 3.50. The zero-order chi connectivity index (χ0) is 17.2. The lowest BCUT2D eigenvalue weighted by Crippen LogP contribution is -2.28. The SMILES string of the molecule is CCCNC(=O)CO/N=C(/N)C(c1ccccc1)c1ccccc1. The number of nitrogens with one attached hydrogen (secondary N) is 1. The number of carbonyl (C=O) groups excluding carboxylic acids is 1. The molecule has 3 N–H and O–H groups in total. The van der Waals surface area contributed by atoms with E-state index in [4.69, 9.17) is 10.6 Å². The van der Waals surface area contributed by atoms with Crippen LogP contribution < -0.4 is 11.1 Å². The Kier molecular flexibility index (Phi) is 6.83. The van der Waals surface area contributed by atoms with E-state index in [0.717, 1.165) is 17.5 Å². The Hall–Kier alpha value is -2.82. The van der Waals surface area contributed by atoms with Crippen LogP contribution in [-0.4, -0.2) is 24.9 Å². The highest BCUT2D eigenvalue weighted by atomic mass is 16.6. The van der Waals surface area contributed by atoms with Crippen molar-refractivity contribution in [1.29, 1.82) is 0 Å². The third-order valence-electron chi connectivity index (χ3n) is 3.50. The summed E-state index contributed by atoms with van der Waals surface area (Å²) in [5.74, 6) is -0.105. The molecule has 2 aromatic carbocycles. The minimum Gasteiger partial charge on any atom is -0.384 e. The van der Waals surface area contributed by atoms with Crippen molar-refractivity contribution in [2.24, 2.45) is 10.9 Å². The number of amidine groups is 1. The number of hydrogen-bond acceptors (Lipinski definition) is 3. The zero-order valence-electron chi connectivity index (χ0n) is 13.8. The number of rotatable bonds is 8. The minimum absolute atomic E-state index is 0.142. The summed E-state index contributed by atoms with van der Waals surface area (Å²) in [5, 5.41) is 6.68. The normalized spacial score (nSPS) is 11.3. The van der Waals surface area contributed by atoms with Gasteiger partial charge in [-0.3, -0.25) is 4.79 Å². The Morgan fingerprint density at radius 1 is 1.08 bits per heavy atom. The second-order valence-corrected chi connectivity index (χ2v) is 5.39. The van der Waals surface area contributed by atoms with Crippen LogP contribution in [0.1, 0.15) is 30.4 Å². The molecule has 0 heterocycles. The van der Waals surface area contributed by atoms with E-state index in [0.29, 0.717) is 12.4 Å². The first-order valence-electron chi connectivity index (χ1n) is 8.04. The molecule has 0 fully saturated rings. The summed E-state index contributed by atoms with van der Waals surface area (Å²) >= 11 is 0. The van der Waals surface area contributed by atoms with Gasteiger partial charge in [-0.05, 0) is 17.5 Å². The van der Waals surface area contributed by atoms with E-state index in [9.17, 15) is 4.79 Å². The van der Waals surface area contributed by atoms with Crippen LogP contribution in [-0.2, 0) is 9.63 Å². The van der Waals surface area contributed by atoms with E-state index in [1.54, 1.807) is 0 Å². The molecule has 0 aliphatic heterocycles. The summed E-state index contributed by atoms with van der Waals surface area (Å²) in [6.45, 7) is 2.47. The second-order valence-electron chi connectivity index (χ2n) is 5.39. The molecule has 0 aliphatic rings. The maximum absolute atomic E-state index is 11.5. The van der Waals surface area contributed by atoms with Crippen LogP contribution in [0, 0.1) is 0 Å². The Bertz CT molecular complexity index is 617. The van der Waals surface area contributed by atoms with Crippen molar-refractivity contribution < 1.29 is 9.63 Å². The van der Waals surface area contributed by atoms with E-state index in [1.807, 2.05) is 67.6 Å². The average Bonchev–Trinajstić information content (AvgIpc) is 2.62. The Balaban J connectivity index is 2.12. The van der Waals surface area contributed by atoms with Gasteiger partial charge in [-0.2, -0.15) is 0 Å². The summed E-state index contributed by atoms with van der Waals surface area (Å²) in [7, 11) is 0. The Morgan fingerprint density at radius 2 is 1.62 bits per heavy atom. The fraction of sp³-hybridized carbons (Fsp3) is 0.263. The van der Waals surface area contributed by atoms with Gasteiger partial charge < -0.3 is 15.9 Å². The molecule has 0 saturated heterocycles. The van der Waals surface area contributed by atoms with Gasteiger partial charge in [-0.25, -0.2) is 0 Å². The molecule has 0 aliphatic carbocycles. The molecule has 0 radical (unpaired) electrons. The van der Waals surface area contributed by atoms with Crippen molar-refractivity contribution in [3.05, 3.63) is 71.8 Å². The van der Waals surface area contributed by atoms with Gasteiger partial charge in [0.1, 0.15) is 0 Å². The van der Waals surface area contributed by atoms with Crippen molar-refractivity contribution in [3.8, 4) is 0 Å². The van der Waals surface area contributed by atoms with Crippen molar-refractivity contribution >= 4 is 11.7 Å². The van der Waals surface area contributed by atoms with Gasteiger partial charge in [0.25, 0.3) is 5.91 Å². The Labute approximate surface area is 142 Å². The van der Waals surface area contributed by atoms with Gasteiger partial charge in [0.15, 0.2) is 12.4 Å². The second kappa shape index (κ2) is 9.35. The smallest absolute Gasteiger partial charge is 0.260 e. The van der Waals surface area contributed by atoms with E-state index in [-0.39, 0.29) is 18.4 Å². The molecule has 2 aromatic rings. The van der Waals surface area contributed by atoms with Gasteiger partial charge in [-0.1, -0.05) is 72.7 Å². The molecule has 5 heteroatoms. The summed E-state index contributed by atoms with van der Waals surface area (Å²) in [5.41, 5.74) is 8.20. The molecule has 126 valence electrons. The number of oxime groups is 1. The van der Waals surface area contributed by atoms with Gasteiger partial charge in [0.05, 0.1) is 5.92 Å². The zero-order valence-corrected chi connectivity index (χ0v) is 13.8. The fourth-order valence-corrected chi connectivity index (χ4v) is 2.36. The number of hydrogen-bond donors (Lipinski definition) is 2. The first-order chi connectivity index (χ1) is 11.7. The topological polar surface area (TPSA) is 76.7 Å². The molecular weight excluding hydrogens is 302 g/mol. The van der Waals surface area contributed by atoms with Crippen LogP contribution in [0.5, 0.6) is 0 Å². The summed E-state index contributed by atoms with van der Waals surface area (Å²) in [4.78, 5) is 16.7. The van der Waals surface area contributed by atoms with Crippen LogP contribution in [0.4, 0.5) is 0 Å². The number of nitrogens with two attached hydrogens (primary N) is 1. The highest BCUT2D eigenvalue weighted by Gasteiger charge is 2.18. The molecule has 0 saturated carbocycles. The fourth-order valence-electron chi connectivity index (χ4n) is 2.36. The van der Waals surface area contributed by atoms with Crippen LogP contribution in [0.25, 0.3) is 0 Å². The summed E-state index contributed by atoms with van der Waals surface area (Å²) in [6, 6.07) is 19.7. The van der Waals surface area contributed by atoms with Crippen LogP contribution >= 0.6 is 0 Å². The minimum atomic E-state index is -0.217. The molecule has 1 amide bonds. The van der Waals surface area contributed by atoms with Crippen molar-refractivity contribution in [1.82, 2.24) is 5.32 Å². The van der Waals surface area contributed by atoms with E-state index < -0.39 is 0 Å². The molecule has 0 atom stereocenters. The molecule has 0 spiro atoms. The third kappa shape index (κ3) is 5.12. The van der Waals surface area contributed by atoms with Gasteiger partial charge in [0, 0.05) is 6.54 Å². The molecular formula is C19H23N3O2. The highest BCUT2D eigenvalue weighted by molar-refractivity contribution is 5.90. The predicted molar refractivity (Wildman–Crippen MR) is 95.6 cm³/mol. The quantitative estimate of drug-likeness (QED) is 0.445. The van der Waals surface area contributed by atoms with Crippen molar-refractivity contribution in [3.63, 3.8) is 0 Å². The number of amides is 1. The van der Waals surface area contributed by atoms with E-state index in [2.05, 4.69) is 10.5 Å². The lowest BCUT2D eigenvalue weighted by Gasteiger charge is -2.17. The van der Waals surface area contributed by atoms with E-state index in [1.165, 1.54) is 0 Å². The largest absolute Gasteiger partial charge is 0.384 e. The predicted octanol–water partition coefficient (Wildman–Crippen LogP) is 2.63. The van der Waals surface area contributed by atoms with Crippen LogP contribution in [0.15, 0.2) is 65.8 Å². The lowest BCUT2D eigenvalue weighted by atomic mass is 9.90. The molecule has 2 rings (SSSR count). The first-order valence-corrected chi connectivity index (χ1v) is 8.04. The van der Waals surface area contributed by atoms with Crippen LogP contribution in [0.3, 0.4) is 0 Å². The number of nitrogens with zero attached hydrogens (tertiary/aromatic N) is 1.